The number of aromatic nitrogens is 4. The smallest absolute Gasteiger partial charge is 0.288 e. The maximum Gasteiger partial charge on any atom is 0.288 e. The molecule has 1 aliphatic carbocycles. The fourth-order valence-corrected chi connectivity index (χ4v) is 4.87. The normalized spacial score (nSPS) is 11.9. The SMILES string of the molecule is COc1ccc2c3c(n(NC(=O)c4cc(-c5cccn5C)n[nH]4)c(=O)c2c1OC)-c1ccccc1C3=O. The topological polar surface area (TPSA) is 120 Å². The number of carbonyl (C=O) groups is 2. The Morgan fingerprint density at radius 1 is 1.00 bits per heavy atom. The zero-order chi connectivity index (χ0) is 25.8. The highest BCUT2D eigenvalue weighted by Gasteiger charge is 2.34. The van der Waals surface area contributed by atoms with E-state index in [4.69, 9.17) is 9.47 Å². The van der Waals surface area contributed by atoms with E-state index in [1.165, 1.54) is 14.2 Å². The van der Waals surface area contributed by atoms with Crippen LogP contribution in [0.3, 0.4) is 0 Å². The van der Waals surface area contributed by atoms with Gasteiger partial charge in [-0.2, -0.15) is 5.10 Å². The molecule has 2 aromatic carbocycles. The number of methoxy groups -OCH3 is 2. The average molecular weight is 495 g/mol. The summed E-state index contributed by atoms with van der Waals surface area (Å²) in [6, 6.07) is 15.6. The molecule has 0 saturated carbocycles. The summed E-state index contributed by atoms with van der Waals surface area (Å²) < 4.78 is 13.9. The van der Waals surface area contributed by atoms with Gasteiger partial charge in [-0.05, 0) is 30.3 Å². The number of aryl methyl sites for hydroxylation is 1. The van der Waals surface area contributed by atoms with Crippen molar-refractivity contribution in [1.82, 2.24) is 19.4 Å². The summed E-state index contributed by atoms with van der Waals surface area (Å²) in [5.41, 5.74) is 5.24. The highest BCUT2D eigenvalue weighted by Crippen LogP contribution is 2.42. The molecule has 10 heteroatoms. The zero-order valence-corrected chi connectivity index (χ0v) is 20.2. The number of nitrogens with zero attached hydrogens (tertiary/aromatic N) is 3. The number of H-pyrrole nitrogens is 1. The van der Waals surface area contributed by atoms with Crippen LogP contribution >= 0.6 is 0 Å². The lowest BCUT2D eigenvalue weighted by Crippen LogP contribution is -2.35. The molecule has 0 aliphatic heterocycles. The van der Waals surface area contributed by atoms with Gasteiger partial charge in [0.05, 0.1) is 36.6 Å². The number of aromatic amines is 1. The molecular formula is C27H21N5O5. The lowest BCUT2D eigenvalue weighted by Gasteiger charge is -2.17. The number of hydrogen-bond acceptors (Lipinski definition) is 6. The van der Waals surface area contributed by atoms with Gasteiger partial charge < -0.3 is 14.0 Å². The predicted molar refractivity (Wildman–Crippen MR) is 137 cm³/mol. The number of benzene rings is 2. The summed E-state index contributed by atoms with van der Waals surface area (Å²) in [6.07, 6.45) is 1.87. The Labute approximate surface area is 210 Å². The van der Waals surface area contributed by atoms with Crippen molar-refractivity contribution >= 4 is 22.5 Å². The van der Waals surface area contributed by atoms with Crippen molar-refractivity contribution < 1.29 is 19.1 Å². The van der Waals surface area contributed by atoms with E-state index in [-0.39, 0.29) is 22.6 Å². The Hall–Kier alpha value is -5.12. The van der Waals surface area contributed by atoms with Gasteiger partial charge in [0.2, 0.25) is 0 Å². The first kappa shape index (κ1) is 22.4. The Kier molecular flexibility index (Phi) is 4.97. The number of hydrogen-bond donors (Lipinski definition) is 2. The van der Waals surface area contributed by atoms with Crippen LogP contribution in [0, 0.1) is 0 Å². The summed E-state index contributed by atoms with van der Waals surface area (Å²) in [5.74, 6) is -0.352. The van der Waals surface area contributed by atoms with Gasteiger partial charge in [0.15, 0.2) is 17.3 Å². The van der Waals surface area contributed by atoms with E-state index in [2.05, 4.69) is 15.6 Å². The van der Waals surface area contributed by atoms with Crippen LogP contribution in [0.4, 0.5) is 0 Å². The molecule has 0 bridgehead atoms. The minimum atomic E-state index is -0.602. The third-order valence-electron chi connectivity index (χ3n) is 6.59. The van der Waals surface area contributed by atoms with Crippen LogP contribution in [0.1, 0.15) is 26.4 Å². The molecule has 0 atom stereocenters. The van der Waals surface area contributed by atoms with Crippen LogP contribution in [-0.4, -0.2) is 45.4 Å². The Morgan fingerprint density at radius 3 is 2.49 bits per heavy atom. The molecule has 37 heavy (non-hydrogen) atoms. The number of rotatable bonds is 5. The molecule has 3 heterocycles. The lowest BCUT2D eigenvalue weighted by molar-refractivity contribution is 0.0999. The van der Waals surface area contributed by atoms with Crippen molar-refractivity contribution in [2.45, 2.75) is 0 Å². The summed E-state index contributed by atoms with van der Waals surface area (Å²) in [6.45, 7) is 0. The first-order valence-corrected chi connectivity index (χ1v) is 11.4. The Morgan fingerprint density at radius 2 is 1.78 bits per heavy atom. The maximum absolute atomic E-state index is 13.9. The molecule has 5 aromatic rings. The van der Waals surface area contributed by atoms with Crippen LogP contribution < -0.4 is 20.5 Å². The molecule has 0 spiro atoms. The third-order valence-corrected chi connectivity index (χ3v) is 6.59. The molecule has 0 saturated heterocycles. The van der Waals surface area contributed by atoms with E-state index in [0.29, 0.717) is 39.2 Å². The molecular weight excluding hydrogens is 474 g/mol. The van der Waals surface area contributed by atoms with Gasteiger partial charge in [-0.15, -0.1) is 0 Å². The largest absolute Gasteiger partial charge is 0.493 e. The van der Waals surface area contributed by atoms with Gasteiger partial charge in [0.1, 0.15) is 11.4 Å². The average Bonchev–Trinajstić information content (AvgIpc) is 3.63. The van der Waals surface area contributed by atoms with Crippen LogP contribution in [0.15, 0.2) is 65.6 Å². The second-order valence-corrected chi connectivity index (χ2v) is 8.57. The summed E-state index contributed by atoms with van der Waals surface area (Å²) >= 11 is 0. The van der Waals surface area contributed by atoms with E-state index in [1.54, 1.807) is 42.5 Å². The predicted octanol–water partition coefficient (Wildman–Crippen LogP) is 3.34. The van der Waals surface area contributed by atoms with Crippen LogP contribution in [0.2, 0.25) is 0 Å². The van der Waals surface area contributed by atoms with Crippen LogP contribution in [-0.2, 0) is 7.05 Å². The van der Waals surface area contributed by atoms with E-state index in [9.17, 15) is 14.4 Å². The van der Waals surface area contributed by atoms with E-state index < -0.39 is 11.5 Å². The number of fused-ring (bicyclic) bond motifs is 5. The first-order chi connectivity index (χ1) is 17.9. The number of ketones is 1. The highest BCUT2D eigenvalue weighted by molar-refractivity contribution is 6.27. The minimum Gasteiger partial charge on any atom is -0.493 e. The van der Waals surface area contributed by atoms with Crippen molar-refractivity contribution in [3.63, 3.8) is 0 Å². The molecule has 0 fully saturated rings. The van der Waals surface area contributed by atoms with Gasteiger partial charge in [-0.1, -0.05) is 24.3 Å². The molecule has 6 rings (SSSR count). The number of nitrogens with one attached hydrogen (secondary N) is 2. The quantitative estimate of drug-likeness (QED) is 0.379. The number of pyridine rings is 1. The monoisotopic (exact) mass is 495 g/mol. The minimum absolute atomic E-state index is 0.121. The lowest BCUT2D eigenvalue weighted by atomic mass is 10.0. The number of amides is 1. The second-order valence-electron chi connectivity index (χ2n) is 8.57. The van der Waals surface area contributed by atoms with E-state index in [1.807, 2.05) is 29.9 Å². The van der Waals surface area contributed by atoms with Gasteiger partial charge in [0, 0.05) is 29.8 Å². The van der Waals surface area contributed by atoms with Crippen molar-refractivity contribution in [1.29, 1.82) is 0 Å². The maximum atomic E-state index is 13.9. The van der Waals surface area contributed by atoms with Gasteiger partial charge in [0.25, 0.3) is 11.5 Å². The van der Waals surface area contributed by atoms with Crippen molar-refractivity contribution in [2.75, 3.05) is 19.6 Å². The Bertz CT molecular complexity index is 1810. The number of carbonyl (C=O) groups excluding carboxylic acids is 2. The molecule has 1 aliphatic rings. The van der Waals surface area contributed by atoms with Crippen molar-refractivity contribution in [3.8, 4) is 34.1 Å². The van der Waals surface area contributed by atoms with Crippen molar-refractivity contribution in [3.05, 3.63) is 88.0 Å². The molecule has 3 aromatic heterocycles. The fourth-order valence-electron chi connectivity index (χ4n) is 4.87. The molecule has 0 radical (unpaired) electrons. The van der Waals surface area contributed by atoms with Crippen molar-refractivity contribution in [2.24, 2.45) is 7.05 Å². The highest BCUT2D eigenvalue weighted by atomic mass is 16.5. The van der Waals surface area contributed by atoms with Gasteiger partial charge >= 0.3 is 0 Å². The number of ether oxygens (including phenoxy) is 2. The first-order valence-electron chi connectivity index (χ1n) is 11.4. The standard InChI is InChI=1S/C27H21N5O5/c1-31-12-6-9-19(31)17-13-18(29-28-17)26(34)30-32-23-14-7-4-5-8-15(14)24(33)21(23)16-10-11-20(36-2)25(37-3)22(16)27(32)35/h4-13H,1-3H3,(H,28,29)(H,30,34). The summed E-state index contributed by atoms with van der Waals surface area (Å²) in [5, 5.41) is 7.51. The third kappa shape index (κ3) is 3.19. The molecule has 10 nitrogen and oxygen atoms in total. The summed E-state index contributed by atoms with van der Waals surface area (Å²) in [4.78, 5) is 40.8. The molecule has 184 valence electrons. The van der Waals surface area contributed by atoms with E-state index in [0.717, 1.165) is 10.4 Å². The van der Waals surface area contributed by atoms with Gasteiger partial charge in [-0.3, -0.25) is 24.9 Å². The zero-order valence-electron chi connectivity index (χ0n) is 20.2. The molecule has 1 amide bonds. The van der Waals surface area contributed by atoms with Crippen LogP contribution in [0.25, 0.3) is 33.4 Å². The second kappa shape index (κ2) is 8.23. The molecule has 2 N–H and O–H groups in total. The Balaban J connectivity index is 1.57. The van der Waals surface area contributed by atoms with Crippen LogP contribution in [0.5, 0.6) is 11.5 Å². The van der Waals surface area contributed by atoms with Gasteiger partial charge in [-0.25, -0.2) is 4.68 Å². The fraction of sp³-hybridized carbons (Fsp3) is 0.111. The van der Waals surface area contributed by atoms with E-state index >= 15 is 0 Å². The summed E-state index contributed by atoms with van der Waals surface area (Å²) in [7, 11) is 4.75. The molecule has 0 unspecified atom stereocenters.